The fraction of sp³-hybridized carbons (Fsp3) is 0.867. The summed E-state index contributed by atoms with van der Waals surface area (Å²) < 4.78 is 0. The Balaban J connectivity index is 3.06. The van der Waals surface area contributed by atoms with Gasteiger partial charge in [0.2, 0.25) is 0 Å². The number of aliphatic hydroxyl groups is 3. The molecule has 0 amide bonds. The molecular formula is C15H26O5. The molecule has 5 heteroatoms. The highest BCUT2D eigenvalue weighted by atomic mass is 16.3. The summed E-state index contributed by atoms with van der Waals surface area (Å²) in [6.45, 7) is 5.08. The molecule has 0 bridgehead atoms. The fourth-order valence-corrected chi connectivity index (χ4v) is 3.25. The topological polar surface area (TPSA) is 94.8 Å². The lowest BCUT2D eigenvalue weighted by Gasteiger charge is -2.47. The van der Waals surface area contributed by atoms with E-state index in [4.69, 9.17) is 0 Å². The Morgan fingerprint density at radius 2 is 1.20 bits per heavy atom. The van der Waals surface area contributed by atoms with Crippen LogP contribution < -0.4 is 0 Å². The van der Waals surface area contributed by atoms with Crippen LogP contribution in [0.15, 0.2) is 0 Å². The van der Waals surface area contributed by atoms with Crippen LogP contribution in [0.2, 0.25) is 0 Å². The Morgan fingerprint density at radius 1 is 0.850 bits per heavy atom. The second kappa shape index (κ2) is 5.92. The van der Waals surface area contributed by atoms with Crippen molar-refractivity contribution in [2.75, 3.05) is 0 Å². The molecule has 0 heterocycles. The average Bonchev–Trinajstić information content (AvgIpc) is 2.26. The first-order chi connectivity index (χ1) is 9.08. The first-order valence-corrected chi connectivity index (χ1v) is 7.32. The van der Waals surface area contributed by atoms with Crippen molar-refractivity contribution in [2.45, 2.75) is 82.5 Å². The molecule has 116 valence electrons. The van der Waals surface area contributed by atoms with Gasteiger partial charge in [-0.15, -0.1) is 0 Å². The van der Waals surface area contributed by atoms with Gasteiger partial charge in [0, 0.05) is 32.1 Å². The van der Waals surface area contributed by atoms with Crippen LogP contribution in [-0.4, -0.2) is 43.7 Å². The van der Waals surface area contributed by atoms with Crippen molar-refractivity contribution in [2.24, 2.45) is 0 Å². The van der Waals surface area contributed by atoms with E-state index in [1.165, 1.54) is 6.92 Å². The molecule has 0 radical (unpaired) electrons. The molecule has 0 aliphatic heterocycles. The van der Waals surface area contributed by atoms with Gasteiger partial charge in [-0.3, -0.25) is 9.59 Å². The van der Waals surface area contributed by atoms with E-state index < -0.39 is 28.4 Å². The lowest BCUT2D eigenvalue weighted by molar-refractivity contribution is -0.188. The summed E-state index contributed by atoms with van der Waals surface area (Å²) in [6, 6.07) is 0. The van der Waals surface area contributed by atoms with Crippen LogP contribution in [0.5, 0.6) is 0 Å². The van der Waals surface area contributed by atoms with Gasteiger partial charge in [-0.2, -0.15) is 0 Å². The van der Waals surface area contributed by atoms with Gasteiger partial charge in [-0.25, -0.2) is 0 Å². The van der Waals surface area contributed by atoms with Crippen molar-refractivity contribution in [3.05, 3.63) is 0 Å². The summed E-state index contributed by atoms with van der Waals surface area (Å²) in [4.78, 5) is 24.2. The van der Waals surface area contributed by atoms with E-state index >= 15 is 0 Å². The van der Waals surface area contributed by atoms with Crippen molar-refractivity contribution in [3.8, 4) is 0 Å². The van der Waals surface area contributed by atoms with E-state index in [1.807, 2.05) is 13.8 Å². The standard InChI is InChI=1S/C15H26O5/c1-4-6-11(16)14(19)8-13(3,18)9-15(20,10-14)12(17)7-5-2/h18-20H,4-10H2,1-3H3. The number of carbonyl (C=O) groups excluding carboxylic acids is 2. The molecule has 20 heavy (non-hydrogen) atoms. The van der Waals surface area contributed by atoms with Gasteiger partial charge in [0.25, 0.3) is 0 Å². The molecule has 5 nitrogen and oxygen atoms in total. The van der Waals surface area contributed by atoms with E-state index in [0.29, 0.717) is 12.8 Å². The van der Waals surface area contributed by atoms with E-state index in [2.05, 4.69) is 0 Å². The van der Waals surface area contributed by atoms with Crippen LogP contribution in [0.3, 0.4) is 0 Å². The fourth-order valence-electron chi connectivity index (χ4n) is 3.25. The normalized spacial score (nSPS) is 37.7. The van der Waals surface area contributed by atoms with Crippen molar-refractivity contribution in [3.63, 3.8) is 0 Å². The van der Waals surface area contributed by atoms with Gasteiger partial charge < -0.3 is 15.3 Å². The second-order valence-electron chi connectivity index (χ2n) is 6.44. The first-order valence-electron chi connectivity index (χ1n) is 7.32. The molecule has 0 aromatic heterocycles. The summed E-state index contributed by atoms with van der Waals surface area (Å²) >= 11 is 0. The summed E-state index contributed by atoms with van der Waals surface area (Å²) in [5.41, 5.74) is -5.08. The molecule has 2 unspecified atom stereocenters. The molecule has 0 aromatic rings. The molecule has 1 fully saturated rings. The third kappa shape index (κ3) is 3.65. The smallest absolute Gasteiger partial charge is 0.164 e. The lowest BCUT2D eigenvalue weighted by Crippen LogP contribution is -2.61. The number of hydrogen-bond acceptors (Lipinski definition) is 5. The lowest BCUT2D eigenvalue weighted by atomic mass is 9.64. The second-order valence-corrected chi connectivity index (χ2v) is 6.44. The maximum Gasteiger partial charge on any atom is 0.164 e. The number of hydrogen-bond donors (Lipinski definition) is 3. The molecular weight excluding hydrogens is 260 g/mol. The van der Waals surface area contributed by atoms with Crippen molar-refractivity contribution >= 4 is 11.6 Å². The minimum Gasteiger partial charge on any atom is -0.390 e. The van der Waals surface area contributed by atoms with E-state index in [0.717, 1.165) is 0 Å². The SMILES string of the molecule is CCCC(=O)C1(O)CC(C)(O)CC(O)(C(=O)CCC)C1. The van der Waals surface area contributed by atoms with Crippen LogP contribution >= 0.6 is 0 Å². The average molecular weight is 286 g/mol. The zero-order valence-corrected chi connectivity index (χ0v) is 12.6. The number of carbonyl (C=O) groups is 2. The van der Waals surface area contributed by atoms with Crippen LogP contribution in [-0.2, 0) is 9.59 Å². The largest absolute Gasteiger partial charge is 0.390 e. The number of ketones is 2. The quantitative estimate of drug-likeness (QED) is 0.680. The van der Waals surface area contributed by atoms with Crippen LogP contribution in [0.1, 0.15) is 65.7 Å². The Kier molecular flexibility index (Phi) is 5.11. The summed E-state index contributed by atoms with van der Waals surface area (Å²) in [5.74, 6) is -0.828. The van der Waals surface area contributed by atoms with Gasteiger partial charge in [-0.1, -0.05) is 13.8 Å². The van der Waals surface area contributed by atoms with Crippen LogP contribution in [0, 0.1) is 0 Å². The third-order valence-electron chi connectivity index (χ3n) is 3.92. The predicted octanol–water partition coefficient (Wildman–Crippen LogP) is 1.12. The Labute approximate surface area is 120 Å². The Hall–Kier alpha value is -0.780. The van der Waals surface area contributed by atoms with E-state index in [9.17, 15) is 24.9 Å². The Bertz CT molecular complexity index is 356. The van der Waals surface area contributed by atoms with Gasteiger partial charge in [0.15, 0.2) is 11.6 Å². The number of Topliss-reactive ketones (excluding diaryl/α,β-unsaturated/α-hetero) is 2. The Morgan fingerprint density at radius 3 is 1.50 bits per heavy atom. The van der Waals surface area contributed by atoms with Gasteiger partial charge in [-0.05, 0) is 19.8 Å². The molecule has 3 N–H and O–H groups in total. The molecule has 2 atom stereocenters. The summed E-state index contributed by atoms with van der Waals surface area (Å²) in [7, 11) is 0. The van der Waals surface area contributed by atoms with Gasteiger partial charge in [0.05, 0.1) is 5.60 Å². The van der Waals surface area contributed by atoms with Gasteiger partial charge >= 0.3 is 0 Å². The maximum absolute atomic E-state index is 12.1. The zero-order chi connectivity index (χ0) is 15.6. The molecule has 1 saturated carbocycles. The summed E-state index contributed by atoms with van der Waals surface area (Å²) in [5, 5.41) is 31.3. The third-order valence-corrected chi connectivity index (χ3v) is 3.92. The highest BCUT2D eigenvalue weighted by Crippen LogP contribution is 2.43. The molecule has 1 aliphatic carbocycles. The monoisotopic (exact) mass is 286 g/mol. The molecule has 1 rings (SSSR count). The van der Waals surface area contributed by atoms with Gasteiger partial charge in [0.1, 0.15) is 11.2 Å². The molecule has 0 spiro atoms. The number of rotatable bonds is 6. The minimum absolute atomic E-state index is 0.138. The summed E-state index contributed by atoms with van der Waals surface area (Å²) in [6.07, 6.45) is 0.902. The minimum atomic E-state index is -1.82. The molecule has 0 aromatic carbocycles. The highest BCUT2D eigenvalue weighted by molar-refractivity contribution is 5.92. The van der Waals surface area contributed by atoms with Crippen molar-refractivity contribution in [1.29, 1.82) is 0 Å². The molecule has 0 saturated heterocycles. The van der Waals surface area contributed by atoms with Crippen molar-refractivity contribution in [1.82, 2.24) is 0 Å². The van der Waals surface area contributed by atoms with Crippen LogP contribution in [0.25, 0.3) is 0 Å². The maximum atomic E-state index is 12.1. The predicted molar refractivity (Wildman–Crippen MR) is 74.2 cm³/mol. The van der Waals surface area contributed by atoms with E-state index in [1.54, 1.807) is 0 Å². The zero-order valence-electron chi connectivity index (χ0n) is 12.6. The highest BCUT2D eigenvalue weighted by Gasteiger charge is 2.56. The molecule has 1 aliphatic rings. The van der Waals surface area contributed by atoms with Crippen molar-refractivity contribution < 1.29 is 24.9 Å². The first kappa shape index (κ1) is 17.3. The van der Waals surface area contributed by atoms with E-state index in [-0.39, 0.29) is 32.1 Å². The van der Waals surface area contributed by atoms with Crippen LogP contribution in [0.4, 0.5) is 0 Å².